The van der Waals surface area contributed by atoms with Gasteiger partial charge in [-0.1, -0.05) is 23.2 Å². The van der Waals surface area contributed by atoms with Crippen LogP contribution in [0.4, 0.5) is 8.78 Å². The number of alkyl halides is 2. The largest absolute Gasteiger partial charge is 0.490 e. The first-order chi connectivity index (χ1) is 17.8. The van der Waals surface area contributed by atoms with E-state index in [1.165, 1.54) is 30.6 Å². The molecule has 3 rings (SSSR count). The van der Waals surface area contributed by atoms with E-state index in [2.05, 4.69) is 14.6 Å². The Kier molecular flexibility index (Phi) is 11.8. The Bertz CT molecular complexity index is 1030. The standard InChI is InChI=1S/C25H28Cl2F2N2O6/c26-19-15-30-16-20(27)18(19)14-21(32)17-4-5-22(37-25(28)29)23(13-17)35-9-2-1-3-24(33)36-12-8-31-6-10-34-11-7-31/h4-5,13,15-16,25H,1-3,6-12,14H2. The second-order valence-electron chi connectivity index (χ2n) is 8.20. The second kappa shape index (κ2) is 15.0. The van der Waals surface area contributed by atoms with Crippen LogP contribution in [0.15, 0.2) is 30.6 Å². The topological polar surface area (TPSA) is 87.2 Å². The average molecular weight is 561 g/mol. The summed E-state index contributed by atoms with van der Waals surface area (Å²) in [5.74, 6) is -0.862. The van der Waals surface area contributed by atoms with Crippen LogP contribution >= 0.6 is 23.2 Å². The number of ketones is 1. The molecular weight excluding hydrogens is 533 g/mol. The van der Waals surface area contributed by atoms with E-state index in [0.717, 1.165) is 13.1 Å². The van der Waals surface area contributed by atoms with E-state index in [4.69, 9.17) is 37.4 Å². The Hall–Kier alpha value is -2.53. The van der Waals surface area contributed by atoms with Crippen molar-refractivity contribution in [3.05, 3.63) is 51.8 Å². The lowest BCUT2D eigenvalue weighted by atomic mass is 10.0. The van der Waals surface area contributed by atoms with Gasteiger partial charge in [0, 0.05) is 56.0 Å². The number of pyridine rings is 1. The molecule has 2 aromatic rings. The zero-order valence-corrected chi connectivity index (χ0v) is 21.6. The van der Waals surface area contributed by atoms with Gasteiger partial charge in [0.1, 0.15) is 6.61 Å². The van der Waals surface area contributed by atoms with Crippen molar-refractivity contribution in [3.63, 3.8) is 0 Å². The Morgan fingerprint density at radius 3 is 2.49 bits per heavy atom. The minimum atomic E-state index is -3.06. The monoisotopic (exact) mass is 560 g/mol. The van der Waals surface area contributed by atoms with E-state index in [9.17, 15) is 18.4 Å². The molecule has 8 nitrogen and oxygen atoms in total. The summed E-state index contributed by atoms with van der Waals surface area (Å²) in [5.41, 5.74) is 0.625. The van der Waals surface area contributed by atoms with Gasteiger partial charge < -0.3 is 18.9 Å². The fourth-order valence-electron chi connectivity index (χ4n) is 3.60. The maximum atomic E-state index is 12.8. The summed E-state index contributed by atoms with van der Waals surface area (Å²) in [4.78, 5) is 30.8. The molecular formula is C25H28Cl2F2N2O6. The molecule has 1 aromatic carbocycles. The third-order valence-corrected chi connectivity index (χ3v) is 6.23. The van der Waals surface area contributed by atoms with Gasteiger partial charge in [0.2, 0.25) is 0 Å². The smallest absolute Gasteiger partial charge is 0.387 e. The van der Waals surface area contributed by atoms with Crippen LogP contribution in [0.1, 0.15) is 35.2 Å². The van der Waals surface area contributed by atoms with Crippen LogP contribution in [-0.2, 0) is 20.7 Å². The third-order valence-electron chi connectivity index (χ3n) is 5.58. The lowest BCUT2D eigenvalue weighted by molar-refractivity contribution is -0.144. The van der Waals surface area contributed by atoms with Crippen molar-refractivity contribution in [2.75, 3.05) is 46.1 Å². The van der Waals surface area contributed by atoms with Gasteiger partial charge in [-0.15, -0.1) is 0 Å². The number of morpholine rings is 1. The summed E-state index contributed by atoms with van der Waals surface area (Å²) in [6, 6.07) is 3.95. The van der Waals surface area contributed by atoms with Gasteiger partial charge in [-0.25, -0.2) is 0 Å². The van der Waals surface area contributed by atoms with Crippen LogP contribution in [-0.4, -0.2) is 74.3 Å². The Labute approximate surface area is 223 Å². The van der Waals surface area contributed by atoms with Crippen LogP contribution in [0, 0.1) is 0 Å². The highest BCUT2D eigenvalue weighted by atomic mass is 35.5. The summed E-state index contributed by atoms with van der Waals surface area (Å²) in [5, 5.41) is 0.490. The predicted molar refractivity (Wildman–Crippen MR) is 133 cm³/mol. The van der Waals surface area contributed by atoms with E-state index in [1.54, 1.807) is 0 Å². The first-order valence-corrected chi connectivity index (χ1v) is 12.6. The van der Waals surface area contributed by atoms with Gasteiger partial charge in [-0.2, -0.15) is 8.78 Å². The molecule has 0 N–H and O–H groups in total. The number of esters is 1. The lowest BCUT2D eigenvalue weighted by Crippen LogP contribution is -2.38. The molecule has 0 aliphatic carbocycles. The number of ether oxygens (including phenoxy) is 4. The third kappa shape index (κ3) is 9.70. The fraction of sp³-hybridized carbons (Fsp3) is 0.480. The number of hydrogen-bond acceptors (Lipinski definition) is 8. The number of nitrogens with zero attached hydrogens (tertiary/aromatic N) is 2. The number of benzene rings is 1. The first kappa shape index (κ1) is 29.0. The maximum Gasteiger partial charge on any atom is 0.387 e. The number of carbonyl (C=O) groups excluding carboxylic acids is 2. The van der Waals surface area contributed by atoms with Crippen molar-refractivity contribution >= 4 is 35.0 Å². The Balaban J connectivity index is 1.48. The molecule has 0 atom stereocenters. The number of carbonyl (C=O) groups is 2. The van der Waals surface area contributed by atoms with Crippen LogP contribution in [0.2, 0.25) is 10.0 Å². The molecule has 0 radical (unpaired) electrons. The van der Waals surface area contributed by atoms with Crippen molar-refractivity contribution < 1.29 is 37.3 Å². The molecule has 1 aliphatic rings. The normalized spacial score (nSPS) is 14.0. The molecule has 202 valence electrons. The summed E-state index contributed by atoms with van der Waals surface area (Å²) in [6.07, 6.45) is 3.81. The number of halogens is 4. The summed E-state index contributed by atoms with van der Waals surface area (Å²) in [7, 11) is 0. The molecule has 0 spiro atoms. The number of Topliss-reactive ketones (excluding diaryl/α,β-unsaturated/α-hetero) is 1. The number of hydrogen-bond donors (Lipinski definition) is 0. The van der Waals surface area contributed by atoms with Crippen LogP contribution in [0.5, 0.6) is 11.5 Å². The van der Waals surface area contributed by atoms with E-state index >= 15 is 0 Å². The molecule has 0 bridgehead atoms. The molecule has 0 saturated carbocycles. The van der Waals surface area contributed by atoms with Crippen LogP contribution < -0.4 is 9.47 Å². The van der Waals surface area contributed by atoms with Gasteiger partial charge in [0.25, 0.3) is 0 Å². The highest BCUT2D eigenvalue weighted by molar-refractivity contribution is 6.36. The minimum Gasteiger partial charge on any atom is -0.490 e. The van der Waals surface area contributed by atoms with Gasteiger partial charge in [0.15, 0.2) is 17.3 Å². The average Bonchev–Trinajstić information content (AvgIpc) is 2.87. The van der Waals surface area contributed by atoms with Gasteiger partial charge in [0.05, 0.1) is 29.9 Å². The van der Waals surface area contributed by atoms with Crippen molar-refractivity contribution in [3.8, 4) is 11.5 Å². The van der Waals surface area contributed by atoms with Crippen LogP contribution in [0.25, 0.3) is 0 Å². The van der Waals surface area contributed by atoms with Gasteiger partial charge in [-0.3, -0.25) is 19.5 Å². The molecule has 1 aliphatic heterocycles. The van der Waals surface area contributed by atoms with Gasteiger partial charge >= 0.3 is 12.6 Å². The molecule has 12 heteroatoms. The van der Waals surface area contributed by atoms with E-state index in [1.807, 2.05) is 0 Å². The molecule has 1 saturated heterocycles. The van der Waals surface area contributed by atoms with Crippen molar-refractivity contribution in [2.45, 2.75) is 32.3 Å². The van der Waals surface area contributed by atoms with Crippen LogP contribution in [0.3, 0.4) is 0 Å². The number of aromatic nitrogens is 1. The highest BCUT2D eigenvalue weighted by Gasteiger charge is 2.18. The minimum absolute atomic E-state index is 0.00819. The molecule has 37 heavy (non-hydrogen) atoms. The zero-order valence-electron chi connectivity index (χ0n) is 20.1. The van der Waals surface area contributed by atoms with Crippen molar-refractivity contribution in [2.24, 2.45) is 0 Å². The molecule has 1 fully saturated rings. The quantitative estimate of drug-likeness (QED) is 0.184. The van der Waals surface area contributed by atoms with E-state index in [0.29, 0.717) is 44.8 Å². The molecule has 0 unspecified atom stereocenters. The van der Waals surface area contributed by atoms with Crippen molar-refractivity contribution in [1.29, 1.82) is 0 Å². The predicted octanol–water partition coefficient (Wildman–Crippen LogP) is 4.84. The highest BCUT2D eigenvalue weighted by Crippen LogP contribution is 2.31. The Morgan fingerprint density at radius 1 is 1.05 bits per heavy atom. The van der Waals surface area contributed by atoms with Gasteiger partial charge in [-0.05, 0) is 31.0 Å². The zero-order chi connectivity index (χ0) is 26.6. The summed E-state index contributed by atoms with van der Waals surface area (Å²) >= 11 is 12.2. The van der Waals surface area contributed by atoms with E-state index in [-0.39, 0.29) is 58.3 Å². The lowest BCUT2D eigenvalue weighted by Gasteiger charge is -2.26. The van der Waals surface area contributed by atoms with Crippen molar-refractivity contribution in [1.82, 2.24) is 9.88 Å². The molecule has 1 aromatic heterocycles. The Morgan fingerprint density at radius 2 is 1.78 bits per heavy atom. The molecule has 0 amide bonds. The summed E-state index contributed by atoms with van der Waals surface area (Å²) in [6.45, 7) is 1.06. The SMILES string of the molecule is O=C(CCCCOc1cc(C(=O)Cc2c(Cl)cncc2Cl)ccc1OC(F)F)OCCN1CCOCC1. The number of unbranched alkanes of at least 4 members (excludes halogenated alkanes) is 1. The first-order valence-electron chi connectivity index (χ1n) is 11.8. The van der Waals surface area contributed by atoms with E-state index < -0.39 is 6.61 Å². The fourth-order valence-corrected chi connectivity index (χ4v) is 4.09. The maximum absolute atomic E-state index is 12.8. The summed E-state index contributed by atoms with van der Waals surface area (Å²) < 4.78 is 46.4. The molecule has 2 heterocycles. The number of rotatable bonds is 14. The second-order valence-corrected chi connectivity index (χ2v) is 9.02.